The standard InChI is InChI=1S/C11H12N2O4/c1-17-11-8(3-2-6-12-11)7-13-9(14)4-5-10(15)16/h2-6H,7H2,1H3,(H,13,14)(H,15,16)/b5-4+. The zero-order valence-electron chi connectivity index (χ0n) is 9.21. The van der Waals surface area contributed by atoms with E-state index in [0.29, 0.717) is 11.4 Å². The molecule has 0 bridgehead atoms. The lowest BCUT2D eigenvalue weighted by atomic mass is 10.2. The summed E-state index contributed by atoms with van der Waals surface area (Å²) < 4.78 is 5.00. The average molecular weight is 236 g/mol. The molecule has 6 heteroatoms. The number of carboxylic acid groups (broad SMARTS) is 1. The number of nitrogens with one attached hydrogen (secondary N) is 1. The Balaban J connectivity index is 2.55. The Labute approximate surface area is 97.9 Å². The van der Waals surface area contributed by atoms with Gasteiger partial charge in [0.1, 0.15) is 0 Å². The molecule has 0 aromatic carbocycles. The summed E-state index contributed by atoms with van der Waals surface area (Å²) in [5.74, 6) is -1.23. The van der Waals surface area contributed by atoms with E-state index in [1.165, 1.54) is 7.11 Å². The van der Waals surface area contributed by atoms with Crippen LogP contribution >= 0.6 is 0 Å². The Morgan fingerprint density at radius 2 is 2.29 bits per heavy atom. The molecule has 2 N–H and O–H groups in total. The van der Waals surface area contributed by atoms with Crippen molar-refractivity contribution in [3.63, 3.8) is 0 Å². The van der Waals surface area contributed by atoms with Gasteiger partial charge in [-0.25, -0.2) is 9.78 Å². The first-order chi connectivity index (χ1) is 8.13. The third kappa shape index (κ3) is 4.33. The van der Waals surface area contributed by atoms with Gasteiger partial charge in [-0.05, 0) is 6.07 Å². The molecule has 1 aromatic rings. The van der Waals surface area contributed by atoms with Gasteiger partial charge in [-0.2, -0.15) is 0 Å². The van der Waals surface area contributed by atoms with E-state index in [1.807, 2.05) is 0 Å². The molecule has 0 aliphatic heterocycles. The van der Waals surface area contributed by atoms with Gasteiger partial charge < -0.3 is 15.2 Å². The minimum absolute atomic E-state index is 0.222. The fourth-order valence-corrected chi connectivity index (χ4v) is 1.13. The van der Waals surface area contributed by atoms with Crippen molar-refractivity contribution in [2.45, 2.75) is 6.54 Å². The number of aliphatic carboxylic acids is 1. The Morgan fingerprint density at radius 3 is 2.94 bits per heavy atom. The van der Waals surface area contributed by atoms with Gasteiger partial charge in [0.05, 0.1) is 7.11 Å². The number of pyridine rings is 1. The number of carbonyl (C=O) groups excluding carboxylic acids is 1. The van der Waals surface area contributed by atoms with Gasteiger partial charge >= 0.3 is 5.97 Å². The molecular formula is C11H12N2O4. The predicted octanol–water partition coefficient (Wildman–Crippen LogP) is 0.347. The topological polar surface area (TPSA) is 88.5 Å². The summed E-state index contributed by atoms with van der Waals surface area (Å²) in [4.78, 5) is 25.3. The van der Waals surface area contributed by atoms with E-state index in [1.54, 1.807) is 18.3 Å². The van der Waals surface area contributed by atoms with Crippen molar-refractivity contribution in [1.29, 1.82) is 0 Å². The van der Waals surface area contributed by atoms with Gasteiger partial charge in [-0.3, -0.25) is 4.79 Å². The van der Waals surface area contributed by atoms with E-state index in [2.05, 4.69) is 10.3 Å². The molecule has 0 atom stereocenters. The van der Waals surface area contributed by atoms with Crippen molar-refractivity contribution in [3.8, 4) is 5.88 Å². The van der Waals surface area contributed by atoms with Gasteiger partial charge in [0.2, 0.25) is 11.8 Å². The predicted molar refractivity (Wildman–Crippen MR) is 59.4 cm³/mol. The molecule has 6 nitrogen and oxygen atoms in total. The number of rotatable bonds is 5. The van der Waals surface area contributed by atoms with E-state index in [0.717, 1.165) is 12.2 Å². The van der Waals surface area contributed by atoms with Crippen molar-refractivity contribution in [3.05, 3.63) is 36.0 Å². The third-order valence-corrected chi connectivity index (χ3v) is 1.87. The Hall–Kier alpha value is -2.37. The maximum absolute atomic E-state index is 11.2. The highest BCUT2D eigenvalue weighted by Crippen LogP contribution is 2.12. The molecule has 0 saturated carbocycles. The first-order valence-corrected chi connectivity index (χ1v) is 4.80. The van der Waals surface area contributed by atoms with Crippen molar-refractivity contribution < 1.29 is 19.4 Å². The van der Waals surface area contributed by atoms with Crippen LogP contribution < -0.4 is 10.1 Å². The molecule has 0 unspecified atom stereocenters. The molecule has 1 aromatic heterocycles. The van der Waals surface area contributed by atoms with Crippen LogP contribution in [0.2, 0.25) is 0 Å². The number of carboxylic acids is 1. The third-order valence-electron chi connectivity index (χ3n) is 1.87. The fraction of sp³-hybridized carbons (Fsp3) is 0.182. The van der Waals surface area contributed by atoms with E-state index < -0.39 is 11.9 Å². The summed E-state index contributed by atoms with van der Waals surface area (Å²) in [5, 5.41) is 10.9. The van der Waals surface area contributed by atoms with E-state index >= 15 is 0 Å². The maximum atomic E-state index is 11.2. The van der Waals surface area contributed by atoms with Crippen LogP contribution in [0.15, 0.2) is 30.5 Å². The summed E-state index contributed by atoms with van der Waals surface area (Å²) in [5.41, 5.74) is 0.715. The lowest BCUT2D eigenvalue weighted by Gasteiger charge is -2.06. The molecule has 90 valence electrons. The van der Waals surface area contributed by atoms with Crippen LogP contribution in [0.25, 0.3) is 0 Å². The molecule has 0 spiro atoms. The fourth-order valence-electron chi connectivity index (χ4n) is 1.13. The number of methoxy groups -OCH3 is 1. The largest absolute Gasteiger partial charge is 0.481 e. The van der Waals surface area contributed by atoms with Crippen molar-refractivity contribution >= 4 is 11.9 Å². The molecule has 0 radical (unpaired) electrons. The number of ether oxygens (including phenoxy) is 1. The van der Waals surface area contributed by atoms with Gasteiger partial charge in [0.15, 0.2) is 0 Å². The molecule has 17 heavy (non-hydrogen) atoms. The first kappa shape index (κ1) is 12.7. The van der Waals surface area contributed by atoms with Gasteiger partial charge in [0, 0.05) is 30.5 Å². The molecule has 1 heterocycles. The zero-order chi connectivity index (χ0) is 12.7. The highest BCUT2D eigenvalue weighted by Gasteiger charge is 2.04. The molecule has 0 fully saturated rings. The van der Waals surface area contributed by atoms with Crippen LogP contribution in [0.4, 0.5) is 0 Å². The lowest BCUT2D eigenvalue weighted by Crippen LogP contribution is -2.21. The van der Waals surface area contributed by atoms with Crippen LogP contribution in [-0.2, 0) is 16.1 Å². The molecule has 0 aliphatic carbocycles. The number of carbonyl (C=O) groups is 2. The SMILES string of the molecule is COc1ncccc1CNC(=O)/C=C/C(=O)O. The monoisotopic (exact) mass is 236 g/mol. The Morgan fingerprint density at radius 1 is 1.53 bits per heavy atom. The van der Waals surface area contributed by atoms with Crippen LogP contribution in [0.5, 0.6) is 5.88 Å². The van der Waals surface area contributed by atoms with Crippen LogP contribution in [0.3, 0.4) is 0 Å². The molecule has 0 saturated heterocycles. The van der Waals surface area contributed by atoms with Gasteiger partial charge in [0.25, 0.3) is 0 Å². The summed E-state index contributed by atoms with van der Waals surface area (Å²) in [6.45, 7) is 0.222. The second-order valence-electron chi connectivity index (χ2n) is 3.06. The maximum Gasteiger partial charge on any atom is 0.328 e. The number of nitrogens with zero attached hydrogens (tertiary/aromatic N) is 1. The highest BCUT2D eigenvalue weighted by molar-refractivity contribution is 5.93. The number of hydrogen-bond acceptors (Lipinski definition) is 4. The molecule has 0 aliphatic rings. The molecule has 1 rings (SSSR count). The summed E-state index contributed by atoms with van der Waals surface area (Å²) in [6, 6.07) is 3.48. The first-order valence-electron chi connectivity index (χ1n) is 4.80. The van der Waals surface area contributed by atoms with Crippen LogP contribution in [0, 0.1) is 0 Å². The van der Waals surface area contributed by atoms with Crippen molar-refractivity contribution in [1.82, 2.24) is 10.3 Å². The zero-order valence-corrected chi connectivity index (χ0v) is 9.21. The minimum atomic E-state index is -1.17. The second kappa shape index (κ2) is 6.26. The second-order valence-corrected chi connectivity index (χ2v) is 3.06. The van der Waals surface area contributed by atoms with Crippen LogP contribution in [0.1, 0.15) is 5.56 Å². The number of hydrogen-bond donors (Lipinski definition) is 2. The Bertz CT molecular complexity index is 443. The molecule has 1 amide bonds. The smallest absolute Gasteiger partial charge is 0.328 e. The normalized spacial score (nSPS) is 10.2. The van der Waals surface area contributed by atoms with Crippen molar-refractivity contribution in [2.24, 2.45) is 0 Å². The lowest BCUT2D eigenvalue weighted by molar-refractivity contribution is -0.131. The van der Waals surface area contributed by atoms with E-state index in [4.69, 9.17) is 9.84 Å². The van der Waals surface area contributed by atoms with Crippen LogP contribution in [-0.4, -0.2) is 29.1 Å². The summed E-state index contributed by atoms with van der Waals surface area (Å²) in [6.07, 6.45) is 3.30. The minimum Gasteiger partial charge on any atom is -0.481 e. The highest BCUT2D eigenvalue weighted by atomic mass is 16.5. The Kier molecular flexibility index (Phi) is 4.68. The number of amides is 1. The van der Waals surface area contributed by atoms with Crippen molar-refractivity contribution in [2.75, 3.05) is 7.11 Å². The average Bonchev–Trinajstić information content (AvgIpc) is 2.34. The molecular weight excluding hydrogens is 224 g/mol. The van der Waals surface area contributed by atoms with E-state index in [-0.39, 0.29) is 6.54 Å². The summed E-state index contributed by atoms with van der Waals surface area (Å²) in [7, 11) is 1.48. The van der Waals surface area contributed by atoms with Gasteiger partial charge in [-0.1, -0.05) is 6.07 Å². The number of aromatic nitrogens is 1. The van der Waals surface area contributed by atoms with E-state index in [9.17, 15) is 9.59 Å². The summed E-state index contributed by atoms with van der Waals surface area (Å²) >= 11 is 0. The quantitative estimate of drug-likeness (QED) is 0.720. The van der Waals surface area contributed by atoms with Gasteiger partial charge in [-0.15, -0.1) is 0 Å².